The number of nitrogens with zero attached hydrogens (tertiary/aromatic N) is 3. The van der Waals surface area contributed by atoms with Crippen molar-refractivity contribution in [2.75, 3.05) is 37.4 Å². The highest BCUT2D eigenvalue weighted by Gasteiger charge is 2.63. The van der Waals surface area contributed by atoms with E-state index in [4.69, 9.17) is 15.2 Å². The van der Waals surface area contributed by atoms with Gasteiger partial charge in [0.05, 0.1) is 24.7 Å². The molecule has 2 heterocycles. The van der Waals surface area contributed by atoms with Gasteiger partial charge < -0.3 is 20.1 Å². The summed E-state index contributed by atoms with van der Waals surface area (Å²) in [6, 6.07) is 1.03. The van der Waals surface area contributed by atoms with E-state index in [0.29, 0.717) is 18.8 Å². The standard InChI is InChI=1S/C16H24N4O4.H71P69/c1-16(2,3)24-15(22)20-8-7-19(10-13(20)14(21)23-4)12-5-6-18-9-11(12)17;1-36-54(37(2)3)63(55(38(4)5)39(6)7)67(62(52(32)33)53(34)35)69(66(60(48(24)25)49(26)27)61(50(28)29)51(30)31)68(64(56(40(8)9)41(10)11)57(42(12)13)43(14)15)65(58(44(16)17)45(18)19)59(46(20)21)47(22)23/h5-6,9,13H,7-8,10,17H2,1-4H3;36H,1-35H2/t13-;/m1./s1. The molecular weight excluding hydrogens is 2450 g/mol. The van der Waals surface area contributed by atoms with Crippen molar-refractivity contribution >= 4 is 574 Å². The molecule has 1 amide bonds. The largest absolute Gasteiger partial charge is 0.467 e. The van der Waals surface area contributed by atoms with Gasteiger partial charge in [0.1, 0.15) is 5.60 Å². The molecule has 2 rings (SSSR count). The molecule has 548 valence electrons. The van der Waals surface area contributed by atoms with E-state index in [-0.39, 0.29) is 237 Å². The topological polar surface area (TPSA) is 98.0 Å². The van der Waals surface area contributed by atoms with Gasteiger partial charge in [-0.3, -0.25) is 9.88 Å². The van der Waals surface area contributed by atoms with Crippen LogP contribution in [0.2, 0.25) is 0 Å². The average Bonchev–Trinajstić information content (AvgIpc) is 0.724. The number of hydrogen-bond donors (Lipinski definition) is 1. The minimum Gasteiger partial charge on any atom is -0.467 e. The Kier molecular flexibility index (Phi) is 79.4. The van der Waals surface area contributed by atoms with Crippen LogP contribution in [0.3, 0.4) is 0 Å². The van der Waals surface area contributed by atoms with Crippen LogP contribution >= 0.6 is 551 Å². The van der Waals surface area contributed by atoms with E-state index in [9.17, 15) is 9.59 Å². The molecule has 1 aliphatic rings. The summed E-state index contributed by atoms with van der Waals surface area (Å²) in [6.45, 7) is -2.57. The maximum Gasteiger partial charge on any atom is 0.411 e. The van der Waals surface area contributed by atoms with Crippen LogP contribution in [0.15, 0.2) is 18.5 Å². The van der Waals surface area contributed by atoms with Crippen molar-refractivity contribution in [3.05, 3.63) is 18.5 Å². The second-order valence-corrected chi connectivity index (χ2v) is 301. The molecule has 0 spiro atoms. The molecule has 1 aromatic heterocycles. The Morgan fingerprint density at radius 1 is 0.441 bits per heavy atom. The van der Waals surface area contributed by atoms with Gasteiger partial charge in [-0.1, -0.05) is 7.96 Å². The maximum atomic E-state index is 12.4. The maximum absolute atomic E-state index is 12.4. The van der Waals surface area contributed by atoms with E-state index in [1.807, 2.05) is 4.90 Å². The molecule has 0 aromatic carbocycles. The van der Waals surface area contributed by atoms with E-state index in [1.54, 1.807) is 39.2 Å². The van der Waals surface area contributed by atoms with Gasteiger partial charge >= 0.3 is 12.1 Å². The predicted octanol–water partition coefficient (Wildman–Crippen LogP) is 41.7. The Labute approximate surface area is 682 Å². The van der Waals surface area contributed by atoms with Crippen molar-refractivity contribution in [3.63, 3.8) is 0 Å². The summed E-state index contributed by atoms with van der Waals surface area (Å²) in [5, 5.41) is 0. The lowest BCUT2D eigenvalue weighted by Crippen LogP contribution is -2.59. The average molecular weight is 2550 g/mol. The van der Waals surface area contributed by atoms with Gasteiger partial charge in [0.15, 0.2) is 6.04 Å². The zero-order chi connectivity index (χ0) is 72.7. The number of pyridine rings is 1. The van der Waals surface area contributed by atoms with Crippen LogP contribution in [0, 0.1) is 0 Å². The van der Waals surface area contributed by atoms with E-state index < -0.39 is 23.7 Å². The number of carbonyl (C=O) groups is 2. The summed E-state index contributed by atoms with van der Waals surface area (Å²) in [5.74, 6) is -0.488. The van der Waals surface area contributed by atoms with Gasteiger partial charge in [0.25, 0.3) is 0 Å². The lowest BCUT2D eigenvalue weighted by molar-refractivity contribution is -0.147. The summed E-state index contributed by atoms with van der Waals surface area (Å²) in [6.07, 6.45) is 2.67. The molecular formula is C16H95N4O4P69. The number of nitrogen functional groups attached to an aromatic ring is 1. The molecule has 93 heavy (non-hydrogen) atoms. The first-order valence-electron chi connectivity index (χ1n) is 23.4. The number of hydrogen-bond acceptors (Lipinski definition) is 7. The van der Waals surface area contributed by atoms with Crippen molar-refractivity contribution < 1.29 is 19.1 Å². The third-order valence-electron chi connectivity index (χ3n) is 9.70. The SMILES string of the molecule is COC(=O)[C@H]1CN(c2ccncc2N)CCN1C(=O)OC(C)(C)C.PPP(P(P)P)P(P(P(P)P)P(P)P)P(P(P(P)P)P(P)P)P(P(P(P(P)P)P(P)P)P(P(P)P)P(P)P)P(P(P(P(P)P)P(P)P)P(P(P)P)P(P)P)P(P(P(P)P)P(P)P)P(P(P)P)P(P)P. The number of amides is 1. The van der Waals surface area contributed by atoms with Crippen molar-refractivity contribution in [1.82, 2.24) is 9.88 Å². The molecule has 77 heteroatoms. The minimum absolute atomic E-state index is 0.172. The highest BCUT2D eigenvalue weighted by Crippen LogP contribution is 3.50. The molecule has 1 aliphatic heterocycles. The summed E-state index contributed by atoms with van der Waals surface area (Å²) < 4.78 is 10.2. The van der Waals surface area contributed by atoms with E-state index >= 15 is 0 Å². The minimum atomic E-state index is -0.758. The smallest absolute Gasteiger partial charge is 0.411 e. The Balaban J connectivity index is 0.00000149. The number of rotatable bonds is 35. The van der Waals surface area contributed by atoms with E-state index in [2.05, 4.69) is 317 Å². The van der Waals surface area contributed by atoms with Crippen LogP contribution in [0.5, 0.6) is 0 Å². The lowest BCUT2D eigenvalue weighted by Gasteiger charge is -2.61. The number of nitrogens with two attached hydrogens (primary N) is 1. The van der Waals surface area contributed by atoms with Crippen molar-refractivity contribution in [2.24, 2.45) is 0 Å². The molecule has 1 aromatic rings. The molecule has 0 aliphatic carbocycles. The lowest BCUT2D eigenvalue weighted by atomic mass is 10.1. The monoisotopic (exact) mass is 2540 g/mol. The Morgan fingerprint density at radius 2 is 0.699 bits per heavy atom. The van der Waals surface area contributed by atoms with E-state index in [1.165, 1.54) is 12.0 Å². The fourth-order valence-corrected chi connectivity index (χ4v) is 1010. The summed E-state index contributed by atoms with van der Waals surface area (Å²) in [4.78, 5) is 31.9. The van der Waals surface area contributed by atoms with Crippen molar-refractivity contribution in [1.29, 1.82) is 0 Å². The number of aromatic nitrogens is 1. The van der Waals surface area contributed by atoms with Crippen LogP contribution < -0.4 is 10.6 Å². The van der Waals surface area contributed by atoms with Crippen LogP contribution in [0.4, 0.5) is 16.2 Å². The van der Waals surface area contributed by atoms with Crippen LogP contribution in [-0.4, -0.2) is 60.3 Å². The second-order valence-electron chi connectivity index (χ2n) is 17.5. The fourth-order valence-electron chi connectivity index (χ4n) is 6.72. The number of piperazine rings is 1. The van der Waals surface area contributed by atoms with Gasteiger partial charge in [0, 0.05) is 25.8 Å². The van der Waals surface area contributed by atoms with Gasteiger partial charge in [0.2, 0.25) is 0 Å². The predicted molar refractivity (Wildman–Crippen MR) is 666 cm³/mol. The third-order valence-corrected chi connectivity index (χ3v) is 494. The molecule has 0 bridgehead atoms. The summed E-state index contributed by atoms with van der Waals surface area (Å²) in [5.41, 5.74) is 6.62. The van der Waals surface area contributed by atoms with Crippen LogP contribution in [0.1, 0.15) is 20.8 Å². The number of esters is 1. The third kappa shape index (κ3) is 40.8. The molecule has 2 N–H and O–H groups in total. The van der Waals surface area contributed by atoms with Gasteiger partial charge in [-0.15, -0.1) is 312 Å². The number of methoxy groups -OCH3 is 1. The second kappa shape index (κ2) is 62.5. The van der Waals surface area contributed by atoms with Crippen LogP contribution in [0.25, 0.3) is 0 Å². The van der Waals surface area contributed by atoms with Crippen molar-refractivity contribution in [2.45, 2.75) is 32.4 Å². The zero-order valence-electron chi connectivity index (χ0n) is 49.9. The summed E-state index contributed by atoms with van der Waals surface area (Å²) >= 11 is 0. The Hall–Kier alpha value is 27.2. The highest BCUT2D eigenvalue weighted by molar-refractivity contribution is 9.56. The molecule has 1 saturated heterocycles. The van der Waals surface area contributed by atoms with Gasteiger partial charge in [-0.05, 0) is 257 Å². The molecule has 41 atom stereocenters. The molecule has 0 radical (unpaired) electrons. The Morgan fingerprint density at radius 3 is 0.925 bits per heavy atom. The Bertz CT molecular complexity index is 2100. The first-order valence-corrected chi connectivity index (χ1v) is 149. The van der Waals surface area contributed by atoms with E-state index in [0.717, 1.165) is 13.6 Å². The quantitative estimate of drug-likeness (QED) is 0.0534. The summed E-state index contributed by atoms with van der Waals surface area (Å²) in [7, 11) is 129. The fraction of sp³-hybridized carbons (Fsp3) is 0.562. The highest BCUT2D eigenvalue weighted by atomic mass is 33.6. The number of carbonyl (C=O) groups excluding carboxylic acids is 2. The van der Waals surface area contributed by atoms with Crippen LogP contribution in [-0.2, 0) is 14.3 Å². The first-order chi connectivity index (χ1) is 42.6. The molecule has 8 nitrogen and oxygen atoms in total. The van der Waals surface area contributed by atoms with Gasteiger partial charge in [-0.25, -0.2) is 9.59 Å². The normalized spacial score (nSPS) is 16.8. The number of anilines is 2. The molecule has 0 saturated carbocycles. The molecule has 1 fully saturated rings. The zero-order valence-corrected chi connectivity index (χ0v) is 121. The number of ether oxygens (including phenoxy) is 2. The molecule has 40 unspecified atom stereocenters. The van der Waals surface area contributed by atoms with Gasteiger partial charge in [-0.2, -0.15) is 0 Å². The first kappa shape index (κ1) is 118. The van der Waals surface area contributed by atoms with Crippen molar-refractivity contribution in [3.8, 4) is 0 Å².